The van der Waals surface area contributed by atoms with Crippen LogP contribution in [0.5, 0.6) is 17.4 Å². The molecule has 1 atom stereocenters. The molecule has 0 saturated carbocycles. The number of alkyl halides is 3. The Labute approximate surface area is 146 Å². The van der Waals surface area contributed by atoms with Crippen molar-refractivity contribution in [2.24, 2.45) is 0 Å². The lowest BCUT2D eigenvalue weighted by Gasteiger charge is -2.13. The maximum atomic E-state index is 12.6. The highest BCUT2D eigenvalue weighted by molar-refractivity contribution is 6.31. The van der Waals surface area contributed by atoms with Crippen molar-refractivity contribution in [3.05, 3.63) is 47.1 Å². The zero-order valence-corrected chi connectivity index (χ0v) is 13.6. The summed E-state index contributed by atoms with van der Waals surface area (Å²) in [7, 11) is 0. The molecule has 0 saturated heterocycles. The van der Waals surface area contributed by atoms with Crippen molar-refractivity contribution < 1.29 is 32.5 Å². The number of hydrogen-bond acceptors (Lipinski definition) is 4. The quantitative estimate of drug-likeness (QED) is 0.786. The zero-order chi connectivity index (χ0) is 18.6. The SMILES string of the molecule is CC(CC(=O)O)Oc1ccc(Oc2ncc(C(F)(F)F)cc2Cl)cc1. The molecule has 0 fully saturated rings. The smallest absolute Gasteiger partial charge is 0.417 e. The summed E-state index contributed by atoms with van der Waals surface area (Å²) in [5, 5.41) is 8.40. The van der Waals surface area contributed by atoms with Gasteiger partial charge in [0.15, 0.2) is 0 Å². The van der Waals surface area contributed by atoms with Crippen molar-refractivity contribution in [3.8, 4) is 17.4 Å². The van der Waals surface area contributed by atoms with E-state index in [1.54, 1.807) is 6.92 Å². The number of aromatic nitrogens is 1. The number of ether oxygens (including phenoxy) is 2. The van der Waals surface area contributed by atoms with E-state index in [1.165, 1.54) is 24.3 Å². The van der Waals surface area contributed by atoms with Crippen LogP contribution in [0.4, 0.5) is 13.2 Å². The minimum atomic E-state index is -4.54. The van der Waals surface area contributed by atoms with Crippen LogP contribution < -0.4 is 9.47 Å². The second-order valence-corrected chi connectivity index (χ2v) is 5.52. The van der Waals surface area contributed by atoms with Gasteiger partial charge in [0.05, 0.1) is 12.0 Å². The fourth-order valence-electron chi connectivity index (χ4n) is 1.87. The highest BCUT2D eigenvalue weighted by Gasteiger charge is 2.31. The average Bonchev–Trinajstić information content (AvgIpc) is 2.49. The molecule has 1 N–H and O–H groups in total. The standard InChI is InChI=1S/C16H13ClF3NO4/c1-9(6-14(22)23)24-11-2-4-12(5-3-11)25-15-13(17)7-10(8-21-15)16(18,19)20/h2-5,7-9H,6H2,1H3,(H,22,23). The number of hydrogen-bond donors (Lipinski definition) is 1. The summed E-state index contributed by atoms with van der Waals surface area (Å²) in [5.41, 5.74) is -0.971. The van der Waals surface area contributed by atoms with Crippen LogP contribution in [0.2, 0.25) is 5.02 Å². The van der Waals surface area contributed by atoms with Crippen LogP contribution in [0, 0.1) is 0 Å². The Bertz CT molecular complexity index is 750. The molecule has 5 nitrogen and oxygen atoms in total. The summed E-state index contributed by atoms with van der Waals surface area (Å²) in [6.45, 7) is 1.62. The Balaban J connectivity index is 2.05. The van der Waals surface area contributed by atoms with Crippen LogP contribution in [-0.2, 0) is 11.0 Å². The Morgan fingerprint density at radius 1 is 1.28 bits per heavy atom. The van der Waals surface area contributed by atoms with Crippen LogP contribution >= 0.6 is 11.6 Å². The minimum absolute atomic E-state index is 0.149. The minimum Gasteiger partial charge on any atom is -0.490 e. The summed E-state index contributed by atoms with van der Waals surface area (Å²) in [6.07, 6.45) is -4.58. The second kappa shape index (κ2) is 7.60. The molecule has 0 radical (unpaired) electrons. The molecule has 2 rings (SSSR count). The lowest BCUT2D eigenvalue weighted by atomic mass is 10.2. The summed E-state index contributed by atoms with van der Waals surface area (Å²) in [6, 6.07) is 6.79. The number of halogens is 4. The summed E-state index contributed by atoms with van der Waals surface area (Å²) < 4.78 is 48.4. The van der Waals surface area contributed by atoms with Crippen LogP contribution in [0.1, 0.15) is 18.9 Å². The fourth-order valence-corrected chi connectivity index (χ4v) is 2.08. The van der Waals surface area contributed by atoms with Gasteiger partial charge in [-0.3, -0.25) is 4.79 Å². The third kappa shape index (κ3) is 5.53. The molecular weight excluding hydrogens is 363 g/mol. The largest absolute Gasteiger partial charge is 0.490 e. The molecule has 134 valence electrons. The number of rotatable bonds is 6. The first-order valence-electron chi connectivity index (χ1n) is 7.04. The number of carboxylic acid groups (broad SMARTS) is 1. The zero-order valence-electron chi connectivity index (χ0n) is 12.9. The Morgan fingerprint density at radius 3 is 2.40 bits per heavy atom. The summed E-state index contributed by atoms with van der Waals surface area (Å²) in [4.78, 5) is 14.2. The van der Waals surface area contributed by atoms with Gasteiger partial charge in [-0.05, 0) is 37.3 Å². The van der Waals surface area contributed by atoms with Gasteiger partial charge in [-0.2, -0.15) is 13.2 Å². The van der Waals surface area contributed by atoms with Gasteiger partial charge in [0.1, 0.15) is 22.6 Å². The van der Waals surface area contributed by atoms with Gasteiger partial charge in [0.2, 0.25) is 5.88 Å². The number of carboxylic acids is 1. The molecule has 1 heterocycles. The number of carbonyl (C=O) groups is 1. The van der Waals surface area contributed by atoms with E-state index in [-0.39, 0.29) is 23.1 Å². The van der Waals surface area contributed by atoms with E-state index in [4.69, 9.17) is 26.2 Å². The topological polar surface area (TPSA) is 68.7 Å². The maximum Gasteiger partial charge on any atom is 0.417 e. The predicted molar refractivity (Wildman–Crippen MR) is 83.1 cm³/mol. The van der Waals surface area contributed by atoms with Gasteiger partial charge in [-0.1, -0.05) is 11.6 Å². The molecule has 2 aromatic rings. The molecule has 1 unspecified atom stereocenters. The fraction of sp³-hybridized carbons (Fsp3) is 0.250. The third-order valence-electron chi connectivity index (χ3n) is 2.97. The van der Waals surface area contributed by atoms with E-state index in [0.717, 1.165) is 6.07 Å². The first-order valence-corrected chi connectivity index (χ1v) is 7.42. The summed E-state index contributed by atoms with van der Waals surface area (Å²) in [5.74, 6) is -0.432. The van der Waals surface area contributed by atoms with Gasteiger partial charge in [-0.15, -0.1) is 0 Å². The van der Waals surface area contributed by atoms with E-state index in [9.17, 15) is 18.0 Å². The highest BCUT2D eigenvalue weighted by Crippen LogP contribution is 2.34. The van der Waals surface area contributed by atoms with Gasteiger partial charge in [0, 0.05) is 6.20 Å². The van der Waals surface area contributed by atoms with Crippen molar-refractivity contribution in [1.82, 2.24) is 4.98 Å². The molecule has 1 aromatic heterocycles. The molecule has 9 heteroatoms. The Morgan fingerprint density at radius 2 is 1.88 bits per heavy atom. The van der Waals surface area contributed by atoms with Crippen molar-refractivity contribution in [3.63, 3.8) is 0 Å². The summed E-state index contributed by atoms with van der Waals surface area (Å²) >= 11 is 5.77. The van der Waals surface area contributed by atoms with Crippen molar-refractivity contribution in [1.29, 1.82) is 0 Å². The van der Waals surface area contributed by atoms with Gasteiger partial charge >= 0.3 is 12.1 Å². The van der Waals surface area contributed by atoms with Gasteiger partial charge in [0.25, 0.3) is 0 Å². The number of pyridine rings is 1. The monoisotopic (exact) mass is 375 g/mol. The molecular formula is C16H13ClF3NO4. The van der Waals surface area contributed by atoms with Crippen molar-refractivity contribution in [2.75, 3.05) is 0 Å². The van der Waals surface area contributed by atoms with Gasteiger partial charge < -0.3 is 14.6 Å². The number of benzene rings is 1. The second-order valence-electron chi connectivity index (χ2n) is 5.11. The van der Waals surface area contributed by atoms with E-state index in [0.29, 0.717) is 11.9 Å². The first-order chi connectivity index (χ1) is 11.6. The molecule has 0 amide bonds. The normalized spacial score (nSPS) is 12.5. The molecule has 25 heavy (non-hydrogen) atoms. The third-order valence-corrected chi connectivity index (χ3v) is 3.24. The first kappa shape index (κ1) is 18.9. The Kier molecular flexibility index (Phi) is 5.73. The lowest BCUT2D eigenvalue weighted by molar-refractivity contribution is -0.139. The average molecular weight is 376 g/mol. The van der Waals surface area contributed by atoms with Crippen LogP contribution in [0.15, 0.2) is 36.5 Å². The number of aliphatic carboxylic acids is 1. The molecule has 0 aliphatic carbocycles. The van der Waals surface area contributed by atoms with Crippen molar-refractivity contribution in [2.45, 2.75) is 25.6 Å². The van der Waals surface area contributed by atoms with Gasteiger partial charge in [-0.25, -0.2) is 4.98 Å². The van der Waals surface area contributed by atoms with E-state index < -0.39 is 23.8 Å². The highest BCUT2D eigenvalue weighted by atomic mass is 35.5. The van der Waals surface area contributed by atoms with Crippen molar-refractivity contribution >= 4 is 17.6 Å². The molecule has 0 aliphatic rings. The van der Waals surface area contributed by atoms with E-state index in [2.05, 4.69) is 4.98 Å². The van der Waals surface area contributed by atoms with Crippen LogP contribution in [0.25, 0.3) is 0 Å². The lowest BCUT2D eigenvalue weighted by Crippen LogP contribution is -2.16. The van der Waals surface area contributed by atoms with Crippen LogP contribution in [-0.4, -0.2) is 22.2 Å². The van der Waals surface area contributed by atoms with E-state index >= 15 is 0 Å². The Hall–Kier alpha value is -2.48. The number of nitrogens with zero attached hydrogens (tertiary/aromatic N) is 1. The molecule has 0 bridgehead atoms. The molecule has 0 spiro atoms. The molecule has 1 aromatic carbocycles. The van der Waals surface area contributed by atoms with Crippen LogP contribution in [0.3, 0.4) is 0 Å². The van der Waals surface area contributed by atoms with E-state index in [1.807, 2.05) is 0 Å². The maximum absolute atomic E-state index is 12.6. The predicted octanol–water partition coefficient (Wildman–Crippen LogP) is 4.79. The molecule has 0 aliphatic heterocycles.